The van der Waals surface area contributed by atoms with Crippen molar-refractivity contribution in [3.63, 3.8) is 0 Å². The second kappa shape index (κ2) is 6.67. The van der Waals surface area contributed by atoms with E-state index in [0.717, 1.165) is 31.5 Å². The fraction of sp³-hybridized carbons (Fsp3) is 0.533. The van der Waals surface area contributed by atoms with Crippen LogP contribution in [-0.2, 0) is 0 Å². The van der Waals surface area contributed by atoms with Gasteiger partial charge in [0.05, 0.1) is 4.92 Å². The van der Waals surface area contributed by atoms with Gasteiger partial charge in [-0.05, 0) is 38.8 Å². The van der Waals surface area contributed by atoms with Crippen LogP contribution in [0.1, 0.15) is 35.7 Å². The molecule has 1 aromatic carbocycles. The summed E-state index contributed by atoms with van der Waals surface area (Å²) in [7, 11) is 0. The molecule has 1 aromatic rings. The summed E-state index contributed by atoms with van der Waals surface area (Å²) >= 11 is 0. The van der Waals surface area contributed by atoms with Gasteiger partial charge in [0.2, 0.25) is 0 Å². The normalized spacial score (nSPS) is 18.3. The van der Waals surface area contributed by atoms with Crippen molar-refractivity contribution in [1.29, 1.82) is 0 Å². The zero-order valence-electron chi connectivity index (χ0n) is 12.5. The quantitative estimate of drug-likeness (QED) is 0.681. The maximum Gasteiger partial charge on any atom is 0.270 e. The molecule has 6 heteroatoms. The standard InChI is InChI=1S/C15H21N3O3/c1-3-17(13-5-4-8-16-10-13)15(19)14-9-12(18(20)21)7-6-11(14)2/h6-7,9,13,16H,3-5,8,10H2,1-2H3. The third-order valence-electron chi connectivity index (χ3n) is 3.98. The van der Waals surface area contributed by atoms with Crippen LogP contribution in [0.4, 0.5) is 5.69 Å². The fourth-order valence-electron chi connectivity index (χ4n) is 2.78. The Morgan fingerprint density at radius 2 is 2.29 bits per heavy atom. The van der Waals surface area contributed by atoms with Crippen LogP contribution >= 0.6 is 0 Å². The molecule has 1 saturated heterocycles. The summed E-state index contributed by atoms with van der Waals surface area (Å²) in [6.45, 7) is 6.13. The Bertz CT molecular complexity index is 539. The molecule has 0 spiro atoms. The largest absolute Gasteiger partial charge is 0.335 e. The summed E-state index contributed by atoms with van der Waals surface area (Å²) in [4.78, 5) is 25.0. The molecule has 0 radical (unpaired) electrons. The number of benzene rings is 1. The van der Waals surface area contributed by atoms with E-state index in [0.29, 0.717) is 12.1 Å². The number of nitro benzene ring substituents is 1. The van der Waals surface area contributed by atoms with Crippen LogP contribution < -0.4 is 5.32 Å². The minimum absolute atomic E-state index is 0.0400. The molecular weight excluding hydrogens is 270 g/mol. The molecule has 1 aliphatic heterocycles. The SMILES string of the molecule is CCN(C(=O)c1cc([N+](=O)[O-])ccc1C)C1CCCNC1. The lowest BCUT2D eigenvalue weighted by Crippen LogP contribution is -2.48. The molecule has 1 amide bonds. The van der Waals surface area contributed by atoms with Crippen molar-refractivity contribution in [2.24, 2.45) is 0 Å². The number of piperidine rings is 1. The number of aryl methyl sites for hydroxylation is 1. The number of nitrogens with zero attached hydrogens (tertiary/aromatic N) is 2. The molecule has 0 aromatic heterocycles. The lowest BCUT2D eigenvalue weighted by molar-refractivity contribution is -0.384. The summed E-state index contributed by atoms with van der Waals surface area (Å²) in [5, 5.41) is 14.2. The number of likely N-dealkylation sites (N-methyl/N-ethyl adjacent to an activating group) is 1. The highest BCUT2D eigenvalue weighted by atomic mass is 16.6. The lowest BCUT2D eigenvalue weighted by atomic mass is 10.0. The molecule has 1 fully saturated rings. The molecule has 0 bridgehead atoms. The fourth-order valence-corrected chi connectivity index (χ4v) is 2.78. The molecule has 1 unspecified atom stereocenters. The average Bonchev–Trinajstić information content (AvgIpc) is 2.49. The summed E-state index contributed by atoms with van der Waals surface area (Å²) in [6, 6.07) is 4.62. The van der Waals surface area contributed by atoms with Gasteiger partial charge in [0, 0.05) is 36.8 Å². The molecule has 0 aliphatic carbocycles. The van der Waals surface area contributed by atoms with E-state index in [1.165, 1.54) is 12.1 Å². The molecule has 21 heavy (non-hydrogen) atoms. The van der Waals surface area contributed by atoms with Gasteiger partial charge in [-0.15, -0.1) is 0 Å². The molecule has 1 aliphatic rings. The predicted molar refractivity (Wildman–Crippen MR) is 80.4 cm³/mol. The highest BCUT2D eigenvalue weighted by Crippen LogP contribution is 2.21. The average molecular weight is 291 g/mol. The monoisotopic (exact) mass is 291 g/mol. The minimum atomic E-state index is -0.464. The van der Waals surface area contributed by atoms with Gasteiger partial charge in [-0.1, -0.05) is 6.07 Å². The number of carbonyl (C=O) groups is 1. The molecule has 1 heterocycles. The molecule has 0 saturated carbocycles. The van der Waals surface area contributed by atoms with Crippen molar-refractivity contribution in [1.82, 2.24) is 10.2 Å². The summed E-state index contributed by atoms with van der Waals surface area (Å²) in [5.41, 5.74) is 1.16. The van der Waals surface area contributed by atoms with Gasteiger partial charge in [-0.2, -0.15) is 0 Å². The number of nitro groups is 1. The van der Waals surface area contributed by atoms with Gasteiger partial charge in [-0.3, -0.25) is 14.9 Å². The zero-order valence-corrected chi connectivity index (χ0v) is 12.5. The van der Waals surface area contributed by atoms with E-state index in [1.807, 2.05) is 18.7 Å². The molecule has 114 valence electrons. The van der Waals surface area contributed by atoms with Crippen LogP contribution in [0.5, 0.6) is 0 Å². The Balaban J connectivity index is 2.28. The maximum atomic E-state index is 12.7. The number of hydrogen-bond acceptors (Lipinski definition) is 4. The molecule has 2 rings (SSSR count). The number of non-ortho nitro benzene ring substituents is 1. The Morgan fingerprint density at radius 1 is 1.52 bits per heavy atom. The summed E-state index contributed by atoms with van der Waals surface area (Å²) in [6.07, 6.45) is 2.02. The second-order valence-electron chi connectivity index (χ2n) is 5.35. The van der Waals surface area contributed by atoms with Gasteiger partial charge < -0.3 is 10.2 Å². The van der Waals surface area contributed by atoms with Gasteiger partial charge in [-0.25, -0.2) is 0 Å². The van der Waals surface area contributed by atoms with E-state index in [-0.39, 0.29) is 17.6 Å². The van der Waals surface area contributed by atoms with Crippen LogP contribution in [-0.4, -0.2) is 41.4 Å². The zero-order chi connectivity index (χ0) is 15.4. The predicted octanol–water partition coefficient (Wildman–Crippen LogP) is 2.12. The van der Waals surface area contributed by atoms with Crippen molar-refractivity contribution in [3.8, 4) is 0 Å². The Kier molecular flexibility index (Phi) is 4.90. The van der Waals surface area contributed by atoms with Crippen LogP contribution in [0.2, 0.25) is 0 Å². The number of rotatable bonds is 4. The van der Waals surface area contributed by atoms with Crippen molar-refractivity contribution in [2.75, 3.05) is 19.6 Å². The first-order valence-electron chi connectivity index (χ1n) is 7.31. The van der Waals surface area contributed by atoms with Crippen LogP contribution in [0.25, 0.3) is 0 Å². The van der Waals surface area contributed by atoms with E-state index >= 15 is 0 Å². The molecular formula is C15H21N3O3. The van der Waals surface area contributed by atoms with E-state index < -0.39 is 4.92 Å². The van der Waals surface area contributed by atoms with Crippen molar-refractivity contribution in [3.05, 3.63) is 39.4 Å². The summed E-state index contributed by atoms with van der Waals surface area (Å²) in [5.74, 6) is -0.118. The van der Waals surface area contributed by atoms with Gasteiger partial charge in [0.1, 0.15) is 0 Å². The molecule has 1 N–H and O–H groups in total. The summed E-state index contributed by atoms with van der Waals surface area (Å²) < 4.78 is 0. The highest BCUT2D eigenvalue weighted by Gasteiger charge is 2.26. The first-order chi connectivity index (χ1) is 10.0. The van der Waals surface area contributed by atoms with Crippen molar-refractivity contribution < 1.29 is 9.72 Å². The van der Waals surface area contributed by atoms with Gasteiger partial charge >= 0.3 is 0 Å². The van der Waals surface area contributed by atoms with Crippen molar-refractivity contribution in [2.45, 2.75) is 32.7 Å². The Hall–Kier alpha value is -1.95. The van der Waals surface area contributed by atoms with E-state index in [2.05, 4.69) is 5.32 Å². The first-order valence-corrected chi connectivity index (χ1v) is 7.31. The number of amides is 1. The third kappa shape index (κ3) is 3.39. The van der Waals surface area contributed by atoms with E-state index in [4.69, 9.17) is 0 Å². The van der Waals surface area contributed by atoms with Gasteiger partial charge in [0.25, 0.3) is 11.6 Å². The van der Waals surface area contributed by atoms with E-state index in [1.54, 1.807) is 6.07 Å². The molecule has 6 nitrogen and oxygen atoms in total. The second-order valence-corrected chi connectivity index (χ2v) is 5.35. The molecule has 1 atom stereocenters. The first kappa shape index (κ1) is 15.4. The van der Waals surface area contributed by atoms with Gasteiger partial charge in [0.15, 0.2) is 0 Å². The topological polar surface area (TPSA) is 75.5 Å². The van der Waals surface area contributed by atoms with Crippen LogP contribution in [0.3, 0.4) is 0 Å². The maximum absolute atomic E-state index is 12.7. The number of nitrogens with one attached hydrogen (secondary N) is 1. The Labute approximate surface area is 124 Å². The van der Waals surface area contributed by atoms with Crippen molar-refractivity contribution >= 4 is 11.6 Å². The smallest absolute Gasteiger partial charge is 0.270 e. The highest BCUT2D eigenvalue weighted by molar-refractivity contribution is 5.96. The minimum Gasteiger partial charge on any atom is -0.335 e. The van der Waals surface area contributed by atoms with Crippen LogP contribution in [0.15, 0.2) is 18.2 Å². The van der Waals surface area contributed by atoms with Crippen LogP contribution in [0, 0.1) is 17.0 Å². The number of hydrogen-bond donors (Lipinski definition) is 1. The lowest BCUT2D eigenvalue weighted by Gasteiger charge is -2.34. The Morgan fingerprint density at radius 3 is 2.86 bits per heavy atom. The third-order valence-corrected chi connectivity index (χ3v) is 3.98. The number of carbonyl (C=O) groups excluding carboxylic acids is 1. The van der Waals surface area contributed by atoms with E-state index in [9.17, 15) is 14.9 Å².